The third-order valence-electron chi connectivity index (χ3n) is 5.01. The standard InChI is InChI=1S/C22H22N2O14S2.2Na/c25-19(26)9-23(10-20(27)28)15-5-3-13(17(7-15)39(33,34)35)1-2-14-4-6-16(8-18(14)40(36,37)38)24(11-21(29)30)12-22(31)32;;/h1-8H,9-12H2,(H,25,26)(H,27,28)(H,29,30)(H,31,32)(H,33,34,35)(H,36,37,38);;/q;2*+1/p-2. The van der Waals surface area contributed by atoms with Crippen molar-refractivity contribution in [1.82, 2.24) is 0 Å². The molecule has 0 aliphatic rings. The van der Waals surface area contributed by atoms with Crippen LogP contribution >= 0.6 is 0 Å². The number of nitrogens with zero attached hydrogens (tertiary/aromatic N) is 2. The number of hydrogen-bond donors (Lipinski definition) is 4. The van der Waals surface area contributed by atoms with E-state index in [4.69, 9.17) is 20.4 Å². The van der Waals surface area contributed by atoms with Gasteiger partial charge in [0.25, 0.3) is 0 Å². The second kappa shape index (κ2) is 16.4. The molecular weight excluding hydrogens is 626 g/mol. The van der Waals surface area contributed by atoms with Crippen molar-refractivity contribution in [3.05, 3.63) is 47.5 Å². The SMILES string of the molecule is O=C(O)CN(CC(=O)O)c1ccc(C=Cc2ccc(N(CC(=O)O)CC(=O)O)cc2S(=O)(=O)[O-])c(S(=O)(=O)[O-])c1.[Na+].[Na+]. The molecule has 0 saturated heterocycles. The molecule has 0 radical (unpaired) electrons. The van der Waals surface area contributed by atoms with Gasteiger partial charge in [0, 0.05) is 11.4 Å². The summed E-state index contributed by atoms with van der Waals surface area (Å²) in [5, 5.41) is 36.1. The van der Waals surface area contributed by atoms with Crippen LogP contribution in [-0.2, 0) is 39.4 Å². The van der Waals surface area contributed by atoms with Crippen LogP contribution in [0.15, 0.2) is 46.2 Å². The van der Waals surface area contributed by atoms with Gasteiger partial charge in [-0.1, -0.05) is 24.3 Å². The van der Waals surface area contributed by atoms with Crippen molar-refractivity contribution in [3.63, 3.8) is 0 Å². The molecule has 0 unspecified atom stereocenters. The molecular formula is C22H20N2Na2O14S2. The summed E-state index contributed by atoms with van der Waals surface area (Å²) in [7, 11) is -10.5. The number of carboxylic acids is 4. The van der Waals surface area contributed by atoms with Gasteiger partial charge in [0.05, 0.1) is 9.79 Å². The van der Waals surface area contributed by atoms with Crippen molar-refractivity contribution in [3.8, 4) is 0 Å². The first-order chi connectivity index (χ1) is 18.4. The fourth-order valence-electron chi connectivity index (χ4n) is 3.46. The fourth-order valence-corrected chi connectivity index (χ4v) is 4.84. The van der Waals surface area contributed by atoms with Gasteiger partial charge in [0.2, 0.25) is 0 Å². The van der Waals surface area contributed by atoms with Crippen molar-refractivity contribution in [2.24, 2.45) is 0 Å². The molecule has 16 nitrogen and oxygen atoms in total. The maximum absolute atomic E-state index is 11.9. The van der Waals surface area contributed by atoms with Crippen molar-refractivity contribution in [2.75, 3.05) is 36.0 Å². The number of hydrogen-bond acceptors (Lipinski definition) is 12. The Balaban J connectivity index is 0.00000840. The summed E-state index contributed by atoms with van der Waals surface area (Å²) < 4.78 is 71.5. The van der Waals surface area contributed by atoms with Crippen molar-refractivity contribution in [1.29, 1.82) is 0 Å². The van der Waals surface area contributed by atoms with E-state index >= 15 is 0 Å². The van der Waals surface area contributed by atoms with E-state index in [1.165, 1.54) is 0 Å². The van der Waals surface area contributed by atoms with Gasteiger partial charge in [-0.3, -0.25) is 19.2 Å². The Bertz CT molecular complexity index is 1440. The Morgan fingerprint density at radius 3 is 1.07 bits per heavy atom. The molecule has 0 aliphatic carbocycles. The number of aliphatic carboxylic acids is 4. The molecule has 0 bridgehead atoms. The first kappa shape index (κ1) is 39.5. The van der Waals surface area contributed by atoms with E-state index < -0.39 is 80.1 Å². The van der Waals surface area contributed by atoms with Crippen LogP contribution in [0.2, 0.25) is 0 Å². The van der Waals surface area contributed by atoms with Crippen molar-refractivity contribution < 1.29 is 125 Å². The van der Waals surface area contributed by atoms with Gasteiger partial charge in [-0.25, -0.2) is 16.8 Å². The Hall–Kier alpha value is -2.52. The van der Waals surface area contributed by atoms with Crippen LogP contribution < -0.4 is 68.9 Å². The van der Waals surface area contributed by atoms with Crippen LogP contribution in [0.5, 0.6) is 0 Å². The largest absolute Gasteiger partial charge is 1.00 e. The van der Waals surface area contributed by atoms with Gasteiger partial charge in [0.1, 0.15) is 46.4 Å². The van der Waals surface area contributed by atoms with Gasteiger partial charge >= 0.3 is 83.0 Å². The minimum absolute atomic E-state index is 0. The van der Waals surface area contributed by atoms with E-state index in [1.54, 1.807) is 0 Å². The summed E-state index contributed by atoms with van der Waals surface area (Å²) in [5.74, 6) is -5.79. The number of rotatable bonds is 14. The molecule has 0 spiro atoms. The van der Waals surface area contributed by atoms with Gasteiger partial charge in [0.15, 0.2) is 0 Å². The molecule has 20 heteroatoms. The Morgan fingerprint density at radius 2 is 0.857 bits per heavy atom. The summed E-state index contributed by atoms with van der Waals surface area (Å²) in [6, 6.07) is 5.74. The molecule has 0 amide bonds. The van der Waals surface area contributed by atoms with Crippen LogP contribution in [0, 0.1) is 0 Å². The minimum atomic E-state index is -5.25. The normalized spacial score (nSPS) is 11.2. The van der Waals surface area contributed by atoms with Crippen LogP contribution in [-0.4, -0.2) is 96.4 Å². The Labute approximate surface area is 283 Å². The third-order valence-corrected chi connectivity index (χ3v) is 6.79. The van der Waals surface area contributed by atoms with Gasteiger partial charge in [-0.05, 0) is 35.4 Å². The number of anilines is 2. The molecule has 216 valence electrons. The molecule has 42 heavy (non-hydrogen) atoms. The van der Waals surface area contributed by atoms with Crippen molar-refractivity contribution >= 4 is 67.6 Å². The van der Waals surface area contributed by atoms with E-state index in [0.717, 1.165) is 58.4 Å². The smallest absolute Gasteiger partial charge is 0.744 e. The molecule has 0 saturated carbocycles. The second-order valence-corrected chi connectivity index (χ2v) is 10.7. The van der Waals surface area contributed by atoms with E-state index in [-0.39, 0.29) is 81.6 Å². The average molecular weight is 647 g/mol. The summed E-state index contributed by atoms with van der Waals surface area (Å²) in [6.07, 6.45) is 1.90. The predicted molar refractivity (Wildman–Crippen MR) is 133 cm³/mol. The topological polar surface area (TPSA) is 270 Å². The van der Waals surface area contributed by atoms with Crippen molar-refractivity contribution in [2.45, 2.75) is 9.79 Å². The predicted octanol–water partition coefficient (Wildman–Crippen LogP) is -6.38. The minimum Gasteiger partial charge on any atom is -0.744 e. The maximum Gasteiger partial charge on any atom is 1.00 e. The van der Waals surface area contributed by atoms with Gasteiger partial charge < -0.3 is 39.3 Å². The first-order valence-corrected chi connectivity index (χ1v) is 13.4. The molecule has 0 aliphatic heterocycles. The first-order valence-electron chi connectivity index (χ1n) is 10.6. The quantitative estimate of drug-likeness (QED) is 0.0844. The summed E-state index contributed by atoms with van der Waals surface area (Å²) >= 11 is 0. The van der Waals surface area contributed by atoms with Crippen LogP contribution in [0.3, 0.4) is 0 Å². The monoisotopic (exact) mass is 646 g/mol. The zero-order valence-electron chi connectivity index (χ0n) is 22.0. The number of benzene rings is 2. The van der Waals surface area contributed by atoms with Gasteiger partial charge in [-0.2, -0.15) is 0 Å². The maximum atomic E-state index is 11.9. The zero-order valence-corrected chi connectivity index (χ0v) is 27.7. The molecule has 2 rings (SSSR count). The molecule has 2 aromatic carbocycles. The molecule has 2 aromatic rings. The summed E-state index contributed by atoms with van der Waals surface area (Å²) in [5.41, 5.74) is -1.14. The third kappa shape index (κ3) is 12.0. The van der Waals surface area contributed by atoms with Crippen LogP contribution in [0.1, 0.15) is 11.1 Å². The van der Waals surface area contributed by atoms with E-state index in [9.17, 15) is 45.1 Å². The molecule has 0 aromatic heterocycles. The second-order valence-electron chi connectivity index (χ2n) is 7.97. The number of carbonyl (C=O) groups is 4. The van der Waals surface area contributed by atoms with E-state index in [0.29, 0.717) is 0 Å². The zero-order chi connectivity index (χ0) is 30.4. The Morgan fingerprint density at radius 1 is 0.595 bits per heavy atom. The summed E-state index contributed by atoms with van der Waals surface area (Å²) in [4.78, 5) is 44.1. The van der Waals surface area contributed by atoms with E-state index in [1.807, 2.05) is 0 Å². The van der Waals surface area contributed by atoms with Crippen LogP contribution in [0.25, 0.3) is 12.2 Å². The Kier molecular flexibility index (Phi) is 15.4. The average Bonchev–Trinajstić information content (AvgIpc) is 2.79. The molecule has 4 N–H and O–H groups in total. The molecule has 0 atom stereocenters. The fraction of sp³-hybridized carbons (Fsp3) is 0.182. The molecule has 0 fully saturated rings. The number of carboxylic acid groups (broad SMARTS) is 4. The van der Waals surface area contributed by atoms with Crippen LogP contribution in [0.4, 0.5) is 11.4 Å². The molecule has 0 heterocycles. The summed E-state index contributed by atoms with van der Waals surface area (Å²) in [6.45, 7) is -3.40. The van der Waals surface area contributed by atoms with Gasteiger partial charge in [-0.15, -0.1) is 0 Å². The van der Waals surface area contributed by atoms with E-state index in [2.05, 4.69) is 0 Å².